The molecule has 0 spiro atoms. The molecule has 0 saturated carbocycles. The molecule has 2 unspecified atom stereocenters. The van der Waals surface area contributed by atoms with Crippen LogP contribution in [0.15, 0.2) is 46.9 Å². The molecule has 2 aromatic rings. The van der Waals surface area contributed by atoms with E-state index in [2.05, 4.69) is 59.4 Å². The van der Waals surface area contributed by atoms with Crippen molar-refractivity contribution in [1.29, 1.82) is 0 Å². The highest BCUT2D eigenvalue weighted by molar-refractivity contribution is 9.10. The van der Waals surface area contributed by atoms with Crippen LogP contribution in [0.2, 0.25) is 0 Å². The van der Waals surface area contributed by atoms with Gasteiger partial charge in [-0.1, -0.05) is 48.0 Å². The van der Waals surface area contributed by atoms with E-state index < -0.39 is 0 Å². The quantitative estimate of drug-likeness (QED) is 0.670. The standard InChI is InChI=1S/C18H21BrFN/c1-4-12(2)14-5-8-16(9-6-14)21-13(3)17-10-7-15(19)11-18(17)20/h5-13,21H,4H2,1-3H3. The van der Waals surface area contributed by atoms with E-state index in [1.54, 1.807) is 0 Å². The summed E-state index contributed by atoms with van der Waals surface area (Å²) in [4.78, 5) is 0. The van der Waals surface area contributed by atoms with Gasteiger partial charge in [0.15, 0.2) is 0 Å². The van der Waals surface area contributed by atoms with Crippen molar-refractivity contribution in [3.63, 3.8) is 0 Å². The van der Waals surface area contributed by atoms with Crippen molar-refractivity contribution in [3.05, 3.63) is 63.9 Å². The van der Waals surface area contributed by atoms with Crippen molar-refractivity contribution in [2.24, 2.45) is 0 Å². The lowest BCUT2D eigenvalue weighted by Crippen LogP contribution is -2.08. The fraction of sp³-hybridized carbons (Fsp3) is 0.333. The van der Waals surface area contributed by atoms with Crippen LogP contribution in [0.25, 0.3) is 0 Å². The van der Waals surface area contributed by atoms with Crippen molar-refractivity contribution < 1.29 is 4.39 Å². The highest BCUT2D eigenvalue weighted by atomic mass is 79.9. The summed E-state index contributed by atoms with van der Waals surface area (Å²) in [5, 5.41) is 3.35. The van der Waals surface area contributed by atoms with E-state index in [-0.39, 0.29) is 11.9 Å². The maximum Gasteiger partial charge on any atom is 0.129 e. The molecule has 112 valence electrons. The Kier molecular flexibility index (Phi) is 5.40. The zero-order valence-electron chi connectivity index (χ0n) is 12.7. The molecule has 0 aromatic heterocycles. The summed E-state index contributed by atoms with van der Waals surface area (Å²) in [6.45, 7) is 6.38. The minimum atomic E-state index is -0.194. The zero-order valence-corrected chi connectivity index (χ0v) is 14.2. The van der Waals surface area contributed by atoms with Crippen LogP contribution in [0, 0.1) is 5.82 Å². The number of rotatable bonds is 5. The van der Waals surface area contributed by atoms with Gasteiger partial charge in [-0.25, -0.2) is 4.39 Å². The van der Waals surface area contributed by atoms with Gasteiger partial charge in [-0.2, -0.15) is 0 Å². The van der Waals surface area contributed by atoms with E-state index in [0.717, 1.165) is 16.6 Å². The lowest BCUT2D eigenvalue weighted by molar-refractivity contribution is 0.599. The van der Waals surface area contributed by atoms with E-state index in [1.165, 1.54) is 11.6 Å². The first-order valence-electron chi connectivity index (χ1n) is 7.32. The van der Waals surface area contributed by atoms with Crippen molar-refractivity contribution in [2.45, 2.75) is 39.2 Å². The van der Waals surface area contributed by atoms with E-state index in [4.69, 9.17) is 0 Å². The Hall–Kier alpha value is -1.35. The third kappa shape index (κ3) is 4.07. The Bertz CT molecular complexity index is 595. The van der Waals surface area contributed by atoms with Crippen LogP contribution < -0.4 is 5.32 Å². The Morgan fingerprint density at radius 3 is 2.33 bits per heavy atom. The number of halogens is 2. The summed E-state index contributed by atoms with van der Waals surface area (Å²) >= 11 is 3.28. The Morgan fingerprint density at radius 2 is 1.76 bits per heavy atom. The Labute approximate surface area is 134 Å². The molecule has 0 aliphatic rings. The Morgan fingerprint density at radius 1 is 1.10 bits per heavy atom. The van der Waals surface area contributed by atoms with Crippen LogP contribution in [0.5, 0.6) is 0 Å². The van der Waals surface area contributed by atoms with Gasteiger partial charge in [0.2, 0.25) is 0 Å². The molecule has 2 aromatic carbocycles. The average molecular weight is 350 g/mol. The van der Waals surface area contributed by atoms with Gasteiger partial charge in [0.25, 0.3) is 0 Å². The lowest BCUT2D eigenvalue weighted by Gasteiger charge is -2.17. The predicted molar refractivity (Wildman–Crippen MR) is 91.3 cm³/mol. The Balaban J connectivity index is 2.10. The molecule has 0 aliphatic carbocycles. The summed E-state index contributed by atoms with van der Waals surface area (Å²) in [5.74, 6) is 0.376. The molecule has 2 atom stereocenters. The molecule has 3 heteroatoms. The van der Waals surface area contributed by atoms with Gasteiger partial charge in [-0.15, -0.1) is 0 Å². The molecular weight excluding hydrogens is 329 g/mol. The first-order valence-corrected chi connectivity index (χ1v) is 8.12. The van der Waals surface area contributed by atoms with Crippen molar-refractivity contribution in [2.75, 3.05) is 5.32 Å². The van der Waals surface area contributed by atoms with Crippen LogP contribution in [-0.4, -0.2) is 0 Å². The minimum Gasteiger partial charge on any atom is -0.378 e. The van der Waals surface area contributed by atoms with Crippen LogP contribution >= 0.6 is 15.9 Å². The van der Waals surface area contributed by atoms with Gasteiger partial charge in [0, 0.05) is 15.7 Å². The lowest BCUT2D eigenvalue weighted by atomic mass is 9.98. The second-order valence-corrected chi connectivity index (χ2v) is 6.38. The third-order valence-electron chi connectivity index (χ3n) is 3.90. The summed E-state index contributed by atoms with van der Waals surface area (Å²) in [5.41, 5.74) is 3.02. The van der Waals surface area contributed by atoms with Gasteiger partial charge in [-0.3, -0.25) is 0 Å². The first-order chi connectivity index (χ1) is 10.0. The molecule has 0 heterocycles. The summed E-state index contributed by atoms with van der Waals surface area (Å²) < 4.78 is 14.7. The van der Waals surface area contributed by atoms with Crippen LogP contribution in [-0.2, 0) is 0 Å². The monoisotopic (exact) mass is 349 g/mol. The van der Waals surface area contributed by atoms with E-state index >= 15 is 0 Å². The first kappa shape index (κ1) is 16.0. The average Bonchev–Trinajstić information content (AvgIpc) is 2.47. The highest BCUT2D eigenvalue weighted by Gasteiger charge is 2.11. The fourth-order valence-corrected chi connectivity index (χ4v) is 2.66. The molecule has 21 heavy (non-hydrogen) atoms. The normalized spacial score (nSPS) is 13.8. The molecule has 1 nitrogen and oxygen atoms in total. The number of anilines is 1. The van der Waals surface area contributed by atoms with Crippen LogP contribution in [0.1, 0.15) is 50.3 Å². The molecule has 2 rings (SSSR count). The second-order valence-electron chi connectivity index (χ2n) is 5.46. The highest BCUT2D eigenvalue weighted by Crippen LogP contribution is 2.26. The SMILES string of the molecule is CCC(C)c1ccc(NC(C)c2ccc(Br)cc2F)cc1. The van der Waals surface area contributed by atoms with Crippen molar-refractivity contribution in [1.82, 2.24) is 0 Å². The van der Waals surface area contributed by atoms with E-state index in [0.29, 0.717) is 11.5 Å². The molecule has 0 amide bonds. The van der Waals surface area contributed by atoms with E-state index in [9.17, 15) is 4.39 Å². The molecule has 0 saturated heterocycles. The third-order valence-corrected chi connectivity index (χ3v) is 4.40. The number of nitrogens with one attached hydrogen (secondary N) is 1. The summed E-state index contributed by atoms with van der Waals surface area (Å²) in [6, 6.07) is 13.5. The van der Waals surface area contributed by atoms with E-state index in [1.807, 2.05) is 19.1 Å². The molecular formula is C18H21BrFN. The smallest absolute Gasteiger partial charge is 0.129 e. The minimum absolute atomic E-state index is 0.0763. The van der Waals surface area contributed by atoms with Crippen molar-refractivity contribution in [3.8, 4) is 0 Å². The number of benzene rings is 2. The second kappa shape index (κ2) is 7.08. The van der Waals surface area contributed by atoms with Gasteiger partial charge in [0.1, 0.15) is 5.82 Å². The summed E-state index contributed by atoms with van der Waals surface area (Å²) in [7, 11) is 0. The fourth-order valence-electron chi connectivity index (χ4n) is 2.32. The molecule has 0 aliphatic heterocycles. The molecule has 0 bridgehead atoms. The number of hydrogen-bond acceptors (Lipinski definition) is 1. The van der Waals surface area contributed by atoms with Gasteiger partial charge in [-0.05, 0) is 49.1 Å². The number of hydrogen-bond donors (Lipinski definition) is 1. The molecule has 0 radical (unpaired) electrons. The summed E-state index contributed by atoms with van der Waals surface area (Å²) in [6.07, 6.45) is 1.13. The predicted octanol–water partition coefficient (Wildman–Crippen LogP) is 6.27. The van der Waals surface area contributed by atoms with Gasteiger partial charge < -0.3 is 5.32 Å². The molecule has 1 N–H and O–H groups in total. The zero-order chi connectivity index (χ0) is 15.4. The molecule has 0 fully saturated rings. The van der Waals surface area contributed by atoms with Crippen LogP contribution in [0.3, 0.4) is 0 Å². The van der Waals surface area contributed by atoms with Crippen molar-refractivity contribution >= 4 is 21.6 Å². The maximum absolute atomic E-state index is 13.9. The topological polar surface area (TPSA) is 12.0 Å². The van der Waals surface area contributed by atoms with Gasteiger partial charge >= 0.3 is 0 Å². The van der Waals surface area contributed by atoms with Crippen LogP contribution in [0.4, 0.5) is 10.1 Å². The van der Waals surface area contributed by atoms with Gasteiger partial charge in [0.05, 0.1) is 6.04 Å². The maximum atomic E-state index is 13.9. The largest absolute Gasteiger partial charge is 0.378 e.